The van der Waals surface area contributed by atoms with Gasteiger partial charge in [-0.2, -0.15) is 0 Å². The second-order valence-electron chi connectivity index (χ2n) is 5.82. The second-order valence-corrected chi connectivity index (χ2v) is 6.26. The zero-order chi connectivity index (χ0) is 17.8. The van der Waals surface area contributed by atoms with Crippen molar-refractivity contribution < 1.29 is 9.59 Å². The molecule has 0 radical (unpaired) electrons. The van der Waals surface area contributed by atoms with Crippen molar-refractivity contribution in [2.45, 2.75) is 13.3 Å². The van der Waals surface area contributed by atoms with Gasteiger partial charge in [0.05, 0.1) is 13.0 Å². The first-order valence-electron chi connectivity index (χ1n) is 7.90. The predicted octanol–water partition coefficient (Wildman–Crippen LogP) is 3.43. The summed E-state index contributed by atoms with van der Waals surface area (Å²) < 4.78 is 0. The third kappa shape index (κ3) is 4.19. The van der Waals surface area contributed by atoms with E-state index in [4.69, 9.17) is 11.6 Å². The van der Waals surface area contributed by atoms with Crippen LogP contribution in [0.4, 0.5) is 5.69 Å². The Hall–Kier alpha value is -2.79. The molecule has 0 aliphatic rings. The number of hydrogen-bond acceptors (Lipinski definition) is 2. The number of halogens is 1. The average molecular weight is 356 g/mol. The molecule has 0 aliphatic carbocycles. The van der Waals surface area contributed by atoms with Crippen LogP contribution in [0.15, 0.2) is 48.7 Å². The van der Waals surface area contributed by atoms with Gasteiger partial charge in [0.2, 0.25) is 11.8 Å². The maximum Gasteiger partial charge on any atom is 0.243 e. The molecule has 0 saturated carbocycles. The number of carbonyl (C=O) groups is 2. The fraction of sp³-hybridized carbons (Fsp3) is 0.158. The molecule has 128 valence electrons. The van der Waals surface area contributed by atoms with Gasteiger partial charge in [0.25, 0.3) is 0 Å². The van der Waals surface area contributed by atoms with E-state index < -0.39 is 0 Å². The molecule has 3 aromatic rings. The van der Waals surface area contributed by atoms with Crippen molar-refractivity contribution in [1.82, 2.24) is 10.3 Å². The monoisotopic (exact) mass is 355 g/mol. The minimum atomic E-state index is -0.294. The van der Waals surface area contributed by atoms with Crippen molar-refractivity contribution >= 4 is 40.0 Å². The molecule has 1 aromatic heterocycles. The lowest BCUT2D eigenvalue weighted by atomic mass is 10.1. The Labute approximate surface area is 150 Å². The molecule has 3 rings (SSSR count). The lowest BCUT2D eigenvalue weighted by Gasteiger charge is -2.09. The first kappa shape index (κ1) is 17.0. The van der Waals surface area contributed by atoms with Crippen LogP contribution in [0.3, 0.4) is 0 Å². The number of hydrogen-bond donors (Lipinski definition) is 3. The first-order chi connectivity index (χ1) is 12.0. The maximum atomic E-state index is 12.1. The maximum absolute atomic E-state index is 12.1. The van der Waals surface area contributed by atoms with E-state index in [1.54, 1.807) is 12.1 Å². The van der Waals surface area contributed by atoms with Gasteiger partial charge in [0, 0.05) is 27.8 Å². The number of aromatic nitrogens is 1. The van der Waals surface area contributed by atoms with Crippen LogP contribution in [-0.2, 0) is 16.0 Å². The van der Waals surface area contributed by atoms with Crippen molar-refractivity contribution in [1.29, 1.82) is 0 Å². The highest BCUT2D eigenvalue weighted by molar-refractivity contribution is 6.31. The standard InChI is InChI=1S/C19H18ClN3O2/c1-12-6-7-14(20)9-17(12)23-19(25)11-22-18(24)8-13-10-21-16-5-3-2-4-15(13)16/h2-7,9-10,21H,8,11H2,1H3,(H,22,24)(H,23,25). The Kier molecular flexibility index (Phi) is 5.05. The van der Waals surface area contributed by atoms with Gasteiger partial charge in [-0.1, -0.05) is 35.9 Å². The van der Waals surface area contributed by atoms with Crippen molar-refractivity contribution in [3.05, 3.63) is 64.8 Å². The molecule has 0 fully saturated rings. The summed E-state index contributed by atoms with van der Waals surface area (Å²) in [7, 11) is 0. The van der Waals surface area contributed by atoms with Gasteiger partial charge in [-0.25, -0.2) is 0 Å². The van der Waals surface area contributed by atoms with Gasteiger partial charge < -0.3 is 15.6 Å². The normalized spacial score (nSPS) is 10.6. The van der Waals surface area contributed by atoms with E-state index in [9.17, 15) is 9.59 Å². The number of benzene rings is 2. The Bertz CT molecular complexity index is 933. The number of fused-ring (bicyclic) bond motifs is 1. The Morgan fingerprint density at radius 3 is 2.76 bits per heavy atom. The number of anilines is 1. The summed E-state index contributed by atoms with van der Waals surface area (Å²) >= 11 is 5.93. The molecule has 0 unspecified atom stereocenters. The second kappa shape index (κ2) is 7.40. The Balaban J connectivity index is 1.55. The molecule has 2 aromatic carbocycles. The molecule has 0 saturated heterocycles. The van der Waals surface area contributed by atoms with E-state index in [-0.39, 0.29) is 24.8 Å². The van der Waals surface area contributed by atoms with Crippen LogP contribution in [0.5, 0.6) is 0 Å². The molecule has 0 atom stereocenters. The summed E-state index contributed by atoms with van der Waals surface area (Å²) in [6, 6.07) is 13.1. The molecular formula is C19H18ClN3O2. The minimum absolute atomic E-state index is 0.0901. The zero-order valence-electron chi connectivity index (χ0n) is 13.7. The van der Waals surface area contributed by atoms with Crippen molar-refractivity contribution in [3.63, 3.8) is 0 Å². The van der Waals surface area contributed by atoms with Gasteiger partial charge in [0.1, 0.15) is 0 Å². The molecule has 0 bridgehead atoms. The van der Waals surface area contributed by atoms with E-state index in [2.05, 4.69) is 15.6 Å². The van der Waals surface area contributed by atoms with E-state index in [0.717, 1.165) is 22.0 Å². The molecular weight excluding hydrogens is 338 g/mol. The average Bonchev–Trinajstić information content (AvgIpc) is 2.99. The number of amides is 2. The number of carbonyl (C=O) groups excluding carboxylic acids is 2. The highest BCUT2D eigenvalue weighted by Gasteiger charge is 2.11. The van der Waals surface area contributed by atoms with Gasteiger partial charge >= 0.3 is 0 Å². The fourth-order valence-electron chi connectivity index (χ4n) is 2.62. The summed E-state index contributed by atoms with van der Waals surface area (Å²) in [4.78, 5) is 27.3. The van der Waals surface area contributed by atoms with E-state index in [0.29, 0.717) is 10.7 Å². The first-order valence-corrected chi connectivity index (χ1v) is 8.28. The molecule has 6 heteroatoms. The molecule has 0 aliphatic heterocycles. The summed E-state index contributed by atoms with van der Waals surface area (Å²) in [6.07, 6.45) is 2.03. The summed E-state index contributed by atoms with van der Waals surface area (Å²) in [5.41, 5.74) is 3.44. The fourth-order valence-corrected chi connectivity index (χ4v) is 2.79. The zero-order valence-corrected chi connectivity index (χ0v) is 14.5. The molecule has 1 heterocycles. The SMILES string of the molecule is Cc1ccc(Cl)cc1NC(=O)CNC(=O)Cc1c[nH]c2ccccc12. The highest BCUT2D eigenvalue weighted by Crippen LogP contribution is 2.20. The predicted molar refractivity (Wildman–Crippen MR) is 99.8 cm³/mol. The van der Waals surface area contributed by atoms with Crippen LogP contribution in [0, 0.1) is 6.92 Å². The number of rotatable bonds is 5. The van der Waals surface area contributed by atoms with Crippen LogP contribution in [0.25, 0.3) is 10.9 Å². The number of aryl methyl sites for hydroxylation is 1. The highest BCUT2D eigenvalue weighted by atomic mass is 35.5. The third-order valence-electron chi connectivity index (χ3n) is 3.95. The third-order valence-corrected chi connectivity index (χ3v) is 4.18. The lowest BCUT2D eigenvalue weighted by molar-refractivity contribution is -0.123. The van der Waals surface area contributed by atoms with Crippen LogP contribution in [-0.4, -0.2) is 23.3 Å². The number of aromatic amines is 1. The molecule has 25 heavy (non-hydrogen) atoms. The largest absolute Gasteiger partial charge is 0.361 e. The van der Waals surface area contributed by atoms with Crippen LogP contribution in [0.1, 0.15) is 11.1 Å². The number of H-pyrrole nitrogens is 1. The minimum Gasteiger partial charge on any atom is -0.361 e. The lowest BCUT2D eigenvalue weighted by Crippen LogP contribution is -2.33. The van der Waals surface area contributed by atoms with Gasteiger partial charge in [-0.05, 0) is 36.2 Å². The summed E-state index contributed by atoms with van der Waals surface area (Å²) in [6.45, 7) is 1.79. The molecule has 5 nitrogen and oxygen atoms in total. The van der Waals surface area contributed by atoms with Gasteiger partial charge in [-0.15, -0.1) is 0 Å². The van der Waals surface area contributed by atoms with Crippen LogP contribution >= 0.6 is 11.6 Å². The smallest absolute Gasteiger partial charge is 0.243 e. The Morgan fingerprint density at radius 1 is 1.12 bits per heavy atom. The van der Waals surface area contributed by atoms with Gasteiger partial charge in [-0.3, -0.25) is 9.59 Å². The van der Waals surface area contributed by atoms with E-state index >= 15 is 0 Å². The van der Waals surface area contributed by atoms with Crippen molar-refractivity contribution in [2.24, 2.45) is 0 Å². The quantitative estimate of drug-likeness (QED) is 0.656. The van der Waals surface area contributed by atoms with Crippen molar-refractivity contribution in [3.8, 4) is 0 Å². The van der Waals surface area contributed by atoms with Crippen LogP contribution in [0.2, 0.25) is 5.02 Å². The summed E-state index contributed by atoms with van der Waals surface area (Å²) in [5.74, 6) is -0.500. The topological polar surface area (TPSA) is 74.0 Å². The van der Waals surface area contributed by atoms with E-state index in [1.165, 1.54) is 0 Å². The summed E-state index contributed by atoms with van der Waals surface area (Å²) in [5, 5.41) is 6.95. The number of nitrogens with one attached hydrogen (secondary N) is 3. The van der Waals surface area contributed by atoms with Gasteiger partial charge in [0.15, 0.2) is 0 Å². The molecule has 2 amide bonds. The molecule has 0 spiro atoms. The Morgan fingerprint density at radius 2 is 1.92 bits per heavy atom. The molecule has 3 N–H and O–H groups in total. The van der Waals surface area contributed by atoms with E-state index in [1.807, 2.05) is 43.5 Å². The van der Waals surface area contributed by atoms with Crippen LogP contribution < -0.4 is 10.6 Å². The van der Waals surface area contributed by atoms with Crippen molar-refractivity contribution in [2.75, 3.05) is 11.9 Å². The number of para-hydroxylation sites is 1.